The fraction of sp³-hybridized carbons (Fsp3) is 0.182. The minimum Gasteiger partial charge on any atom is -0.439 e. The highest BCUT2D eigenvalue weighted by molar-refractivity contribution is 7.89. The summed E-state index contributed by atoms with van der Waals surface area (Å²) in [5.74, 6) is 0.416. The average Bonchev–Trinajstić information content (AvgIpc) is 2.81. The van der Waals surface area contributed by atoms with Crippen LogP contribution >= 0.6 is 11.6 Å². The number of amides is 1. The molecule has 1 N–H and O–H groups in total. The van der Waals surface area contributed by atoms with E-state index in [4.69, 9.17) is 21.1 Å². The van der Waals surface area contributed by atoms with E-state index in [-0.39, 0.29) is 16.7 Å². The summed E-state index contributed by atoms with van der Waals surface area (Å²) < 4.78 is 37.6. The van der Waals surface area contributed by atoms with Crippen LogP contribution in [0.2, 0.25) is 5.02 Å². The number of hydrogen-bond acceptors (Lipinski definition) is 6. The molecule has 1 aromatic heterocycles. The lowest BCUT2D eigenvalue weighted by Crippen LogP contribution is -2.40. The Morgan fingerprint density at radius 3 is 2.41 bits per heavy atom. The van der Waals surface area contributed by atoms with Crippen molar-refractivity contribution in [3.63, 3.8) is 0 Å². The summed E-state index contributed by atoms with van der Waals surface area (Å²) in [6.45, 7) is 1.39. The lowest BCUT2D eigenvalue weighted by molar-refractivity contribution is 0.0730. The number of anilines is 1. The number of nitrogens with zero attached hydrogens (tertiary/aromatic N) is 2. The maximum Gasteiger partial charge on any atom is 0.257 e. The number of rotatable bonds is 6. The Morgan fingerprint density at radius 1 is 1.03 bits per heavy atom. The first-order valence-electron chi connectivity index (χ1n) is 9.81. The van der Waals surface area contributed by atoms with E-state index in [1.807, 2.05) is 0 Å². The van der Waals surface area contributed by atoms with Crippen molar-refractivity contribution in [2.75, 3.05) is 31.6 Å². The zero-order chi connectivity index (χ0) is 22.6. The highest BCUT2D eigenvalue weighted by Gasteiger charge is 2.26. The van der Waals surface area contributed by atoms with Crippen LogP contribution in [0.15, 0.2) is 71.8 Å². The molecule has 0 spiro atoms. The number of sulfonamides is 1. The molecule has 0 radical (unpaired) electrons. The largest absolute Gasteiger partial charge is 0.439 e. The number of pyridine rings is 1. The van der Waals surface area contributed by atoms with Crippen molar-refractivity contribution >= 4 is 33.2 Å². The molecule has 10 heteroatoms. The summed E-state index contributed by atoms with van der Waals surface area (Å²) in [5.41, 5.74) is 0.952. The minimum atomic E-state index is -3.61. The van der Waals surface area contributed by atoms with Gasteiger partial charge < -0.3 is 14.8 Å². The number of hydrogen-bond donors (Lipinski definition) is 1. The Kier molecular flexibility index (Phi) is 6.71. The molecule has 0 atom stereocenters. The van der Waals surface area contributed by atoms with Gasteiger partial charge in [0.05, 0.1) is 30.0 Å². The van der Waals surface area contributed by atoms with Gasteiger partial charge in [-0.2, -0.15) is 4.31 Å². The highest BCUT2D eigenvalue weighted by atomic mass is 35.5. The van der Waals surface area contributed by atoms with Crippen LogP contribution in [-0.2, 0) is 14.8 Å². The third-order valence-corrected chi connectivity index (χ3v) is 6.98. The molecule has 0 unspecified atom stereocenters. The van der Waals surface area contributed by atoms with Gasteiger partial charge in [-0.25, -0.2) is 13.4 Å². The van der Waals surface area contributed by atoms with Crippen molar-refractivity contribution in [3.05, 3.63) is 77.4 Å². The van der Waals surface area contributed by atoms with Crippen LogP contribution in [-0.4, -0.2) is 49.9 Å². The molecular weight excluding hydrogens is 454 g/mol. The monoisotopic (exact) mass is 473 g/mol. The van der Waals surface area contributed by atoms with Gasteiger partial charge in [-0.05, 0) is 42.5 Å². The molecule has 1 fully saturated rings. The molecule has 32 heavy (non-hydrogen) atoms. The fourth-order valence-electron chi connectivity index (χ4n) is 3.09. The van der Waals surface area contributed by atoms with E-state index in [0.717, 1.165) is 0 Å². The van der Waals surface area contributed by atoms with Crippen molar-refractivity contribution in [1.29, 1.82) is 0 Å². The Morgan fingerprint density at radius 2 is 1.75 bits per heavy atom. The molecule has 2 aromatic carbocycles. The summed E-state index contributed by atoms with van der Waals surface area (Å²) in [7, 11) is -3.61. The first-order chi connectivity index (χ1) is 15.4. The highest BCUT2D eigenvalue weighted by Crippen LogP contribution is 2.24. The van der Waals surface area contributed by atoms with Crippen molar-refractivity contribution < 1.29 is 22.7 Å². The summed E-state index contributed by atoms with van der Waals surface area (Å²) in [4.78, 5) is 16.6. The molecule has 8 nitrogen and oxygen atoms in total. The number of ether oxygens (including phenoxy) is 2. The topological polar surface area (TPSA) is 97.8 Å². The number of carbonyl (C=O) groups excluding carboxylic acids is 1. The number of benzene rings is 2. The van der Waals surface area contributed by atoms with Crippen molar-refractivity contribution in [2.24, 2.45) is 0 Å². The summed E-state index contributed by atoms with van der Waals surface area (Å²) in [6, 6.07) is 16.5. The summed E-state index contributed by atoms with van der Waals surface area (Å²) in [6.07, 6.45) is 1.28. The third kappa shape index (κ3) is 5.08. The molecule has 3 aromatic rings. The fourth-order valence-corrected chi connectivity index (χ4v) is 4.66. The lowest BCUT2D eigenvalue weighted by atomic mass is 10.2. The van der Waals surface area contributed by atoms with Crippen molar-refractivity contribution in [2.45, 2.75) is 4.90 Å². The second-order valence-electron chi connectivity index (χ2n) is 6.91. The van der Waals surface area contributed by atoms with E-state index in [2.05, 4.69) is 10.3 Å². The Balaban J connectivity index is 1.39. The van der Waals surface area contributed by atoms with Crippen molar-refractivity contribution in [3.8, 4) is 11.6 Å². The van der Waals surface area contributed by atoms with E-state index >= 15 is 0 Å². The zero-order valence-corrected chi connectivity index (χ0v) is 18.5. The average molecular weight is 474 g/mol. The predicted molar refractivity (Wildman–Crippen MR) is 120 cm³/mol. The van der Waals surface area contributed by atoms with Crippen LogP contribution < -0.4 is 10.1 Å². The summed E-state index contributed by atoms with van der Waals surface area (Å²) in [5, 5.41) is 3.14. The maximum atomic E-state index is 12.7. The first kappa shape index (κ1) is 22.2. The number of morpholine rings is 1. The lowest BCUT2D eigenvalue weighted by Gasteiger charge is -2.25. The SMILES string of the molecule is O=C(Nc1ccc(Oc2ccc(S(=O)(=O)N3CCOCC3)cn2)cc1)c1ccccc1Cl. The molecule has 1 saturated heterocycles. The molecule has 1 aliphatic heterocycles. The van der Waals surface area contributed by atoms with Gasteiger partial charge in [0.25, 0.3) is 5.91 Å². The van der Waals surface area contributed by atoms with Crippen LogP contribution in [0, 0.1) is 0 Å². The van der Waals surface area contributed by atoms with Crippen LogP contribution in [0.1, 0.15) is 10.4 Å². The zero-order valence-electron chi connectivity index (χ0n) is 16.9. The van der Waals surface area contributed by atoms with Gasteiger partial charge in [0.2, 0.25) is 15.9 Å². The molecule has 166 valence electrons. The smallest absolute Gasteiger partial charge is 0.257 e. The van der Waals surface area contributed by atoms with Gasteiger partial charge in [-0.1, -0.05) is 23.7 Å². The van der Waals surface area contributed by atoms with E-state index < -0.39 is 10.0 Å². The van der Waals surface area contributed by atoms with Crippen LogP contribution in [0.25, 0.3) is 0 Å². The quantitative estimate of drug-likeness (QED) is 0.584. The number of nitrogens with one attached hydrogen (secondary N) is 1. The van der Waals surface area contributed by atoms with E-state index in [0.29, 0.717) is 48.3 Å². The van der Waals surface area contributed by atoms with Gasteiger partial charge >= 0.3 is 0 Å². The second-order valence-corrected chi connectivity index (χ2v) is 9.25. The van der Waals surface area contributed by atoms with E-state index in [1.54, 1.807) is 48.5 Å². The predicted octanol–water partition coefficient (Wildman–Crippen LogP) is 3.80. The number of aromatic nitrogens is 1. The van der Waals surface area contributed by atoms with Gasteiger partial charge in [-0.3, -0.25) is 4.79 Å². The summed E-state index contributed by atoms with van der Waals surface area (Å²) >= 11 is 6.05. The molecule has 0 saturated carbocycles. The Hall–Kier alpha value is -2.98. The number of halogens is 1. The second kappa shape index (κ2) is 9.66. The van der Waals surface area contributed by atoms with E-state index in [9.17, 15) is 13.2 Å². The third-order valence-electron chi connectivity index (χ3n) is 4.77. The molecule has 2 heterocycles. The van der Waals surface area contributed by atoms with Gasteiger partial charge in [-0.15, -0.1) is 0 Å². The first-order valence-corrected chi connectivity index (χ1v) is 11.6. The van der Waals surface area contributed by atoms with Gasteiger partial charge in [0, 0.05) is 24.8 Å². The minimum absolute atomic E-state index is 0.101. The molecule has 1 amide bonds. The van der Waals surface area contributed by atoms with Gasteiger partial charge in [0.1, 0.15) is 10.6 Å². The molecule has 0 bridgehead atoms. The Labute approximate surface area is 190 Å². The molecule has 4 rings (SSSR count). The van der Waals surface area contributed by atoms with Crippen LogP contribution in [0.5, 0.6) is 11.6 Å². The van der Waals surface area contributed by atoms with Crippen LogP contribution in [0.3, 0.4) is 0 Å². The number of carbonyl (C=O) groups is 1. The molecular formula is C22H20ClN3O5S. The normalized spacial score (nSPS) is 14.7. The standard InChI is InChI=1S/C22H20ClN3O5S/c23-20-4-2-1-3-19(20)22(27)25-16-5-7-17(8-6-16)31-21-10-9-18(15-24-21)32(28,29)26-11-13-30-14-12-26/h1-10,15H,11-14H2,(H,25,27). The van der Waals surface area contributed by atoms with Crippen molar-refractivity contribution in [1.82, 2.24) is 9.29 Å². The Bertz CT molecular complexity index is 1190. The maximum absolute atomic E-state index is 12.7. The van der Waals surface area contributed by atoms with E-state index in [1.165, 1.54) is 22.6 Å². The van der Waals surface area contributed by atoms with Gasteiger partial charge in [0.15, 0.2) is 0 Å². The molecule has 0 aliphatic carbocycles. The van der Waals surface area contributed by atoms with Crippen LogP contribution in [0.4, 0.5) is 5.69 Å². The molecule has 1 aliphatic rings.